The van der Waals surface area contributed by atoms with Crippen LogP contribution in [0.1, 0.15) is 26.3 Å². The van der Waals surface area contributed by atoms with Crippen molar-refractivity contribution in [2.75, 3.05) is 13.2 Å². The van der Waals surface area contributed by atoms with Crippen molar-refractivity contribution in [1.29, 1.82) is 0 Å². The van der Waals surface area contributed by atoms with Gasteiger partial charge in [0.05, 0.1) is 0 Å². The van der Waals surface area contributed by atoms with E-state index in [0.29, 0.717) is 22.9 Å². The number of carbonyl (C=O) groups excluding carboxylic acids is 2. The van der Waals surface area contributed by atoms with Gasteiger partial charge >= 0.3 is 0 Å². The van der Waals surface area contributed by atoms with E-state index in [1.807, 2.05) is 13.8 Å². The van der Waals surface area contributed by atoms with E-state index in [1.54, 1.807) is 49.4 Å². The summed E-state index contributed by atoms with van der Waals surface area (Å²) in [7, 11) is 0. The summed E-state index contributed by atoms with van der Waals surface area (Å²) in [6, 6.07) is 12.0. The molecule has 7 heteroatoms. The Morgan fingerprint density at radius 3 is 2.38 bits per heavy atom. The van der Waals surface area contributed by atoms with Gasteiger partial charge in [-0.2, -0.15) is 0 Å². The van der Waals surface area contributed by atoms with E-state index in [4.69, 9.17) is 16.3 Å². The van der Waals surface area contributed by atoms with Crippen molar-refractivity contribution < 1.29 is 18.7 Å². The third-order valence-corrected chi connectivity index (χ3v) is 4.58. The first kappa shape index (κ1) is 22.7. The summed E-state index contributed by atoms with van der Waals surface area (Å²) in [5.41, 5.74) is 0.329. The quantitative estimate of drug-likeness (QED) is 0.665. The molecule has 29 heavy (non-hydrogen) atoms. The van der Waals surface area contributed by atoms with E-state index in [9.17, 15) is 14.0 Å². The molecule has 5 nitrogen and oxygen atoms in total. The number of hydrogen-bond donors (Lipinski definition) is 1. The minimum atomic E-state index is -0.783. The fourth-order valence-corrected chi connectivity index (χ4v) is 2.73. The van der Waals surface area contributed by atoms with Crippen LogP contribution in [0.2, 0.25) is 5.02 Å². The van der Waals surface area contributed by atoms with Crippen LogP contribution in [-0.4, -0.2) is 35.9 Å². The van der Waals surface area contributed by atoms with Gasteiger partial charge in [-0.25, -0.2) is 4.39 Å². The van der Waals surface area contributed by atoms with Crippen molar-refractivity contribution in [1.82, 2.24) is 10.2 Å². The molecule has 0 heterocycles. The van der Waals surface area contributed by atoms with Gasteiger partial charge < -0.3 is 15.0 Å². The Hall–Kier alpha value is -2.60. The summed E-state index contributed by atoms with van der Waals surface area (Å²) in [6.07, 6.45) is 0. The number of halogens is 2. The Morgan fingerprint density at radius 2 is 1.76 bits per heavy atom. The molecule has 0 aliphatic rings. The van der Waals surface area contributed by atoms with Crippen LogP contribution in [0.5, 0.6) is 5.75 Å². The largest absolute Gasteiger partial charge is 0.484 e. The second kappa shape index (κ2) is 10.8. The molecule has 0 aliphatic carbocycles. The Morgan fingerprint density at radius 1 is 1.10 bits per heavy atom. The predicted molar refractivity (Wildman–Crippen MR) is 111 cm³/mol. The minimum absolute atomic E-state index is 0.0360. The second-order valence-electron chi connectivity index (χ2n) is 7.17. The molecule has 1 N–H and O–H groups in total. The first-order valence-electron chi connectivity index (χ1n) is 9.47. The predicted octanol–water partition coefficient (Wildman–Crippen LogP) is 4.05. The van der Waals surface area contributed by atoms with Gasteiger partial charge in [-0.15, -0.1) is 0 Å². The molecule has 0 bridgehead atoms. The Labute approximate surface area is 175 Å². The van der Waals surface area contributed by atoms with Gasteiger partial charge in [-0.1, -0.05) is 43.6 Å². The summed E-state index contributed by atoms with van der Waals surface area (Å²) in [4.78, 5) is 26.7. The van der Waals surface area contributed by atoms with Crippen molar-refractivity contribution >= 4 is 23.4 Å². The molecular weight excluding hydrogens is 395 g/mol. The molecule has 2 aromatic carbocycles. The molecule has 0 saturated heterocycles. The zero-order chi connectivity index (χ0) is 21.4. The van der Waals surface area contributed by atoms with Crippen LogP contribution in [0, 0.1) is 11.7 Å². The first-order valence-corrected chi connectivity index (χ1v) is 9.84. The average molecular weight is 421 g/mol. The molecule has 0 aliphatic heterocycles. The summed E-state index contributed by atoms with van der Waals surface area (Å²) < 4.78 is 19.7. The van der Waals surface area contributed by atoms with Gasteiger partial charge in [-0.3, -0.25) is 9.59 Å². The summed E-state index contributed by atoms with van der Waals surface area (Å²) >= 11 is 5.85. The molecule has 0 radical (unpaired) electrons. The number of nitrogens with zero attached hydrogens (tertiary/aromatic N) is 1. The molecule has 2 amide bonds. The monoisotopic (exact) mass is 420 g/mol. The highest BCUT2D eigenvalue weighted by atomic mass is 35.5. The van der Waals surface area contributed by atoms with Gasteiger partial charge in [0.25, 0.3) is 5.91 Å². The Balaban J connectivity index is 2.13. The molecule has 156 valence electrons. The van der Waals surface area contributed by atoms with E-state index < -0.39 is 17.8 Å². The lowest BCUT2D eigenvalue weighted by molar-refractivity contribution is -0.142. The van der Waals surface area contributed by atoms with Crippen molar-refractivity contribution in [3.8, 4) is 5.75 Å². The molecular formula is C22H26ClFN2O3. The van der Waals surface area contributed by atoms with Gasteiger partial charge in [0.2, 0.25) is 5.91 Å². The SMILES string of the molecule is CC(C)CNC(=O)[C@H](C)N(Cc1ccccc1F)C(=O)COc1ccc(Cl)cc1. The number of amides is 2. The number of rotatable bonds is 9. The molecule has 0 unspecified atom stereocenters. The highest BCUT2D eigenvalue weighted by Gasteiger charge is 2.27. The Bertz CT molecular complexity index is 827. The zero-order valence-corrected chi connectivity index (χ0v) is 17.6. The van der Waals surface area contributed by atoms with Crippen LogP contribution >= 0.6 is 11.6 Å². The number of carbonyl (C=O) groups is 2. The number of benzene rings is 2. The van der Waals surface area contributed by atoms with Crippen molar-refractivity contribution in [3.63, 3.8) is 0 Å². The third kappa shape index (κ3) is 7.06. The van der Waals surface area contributed by atoms with Crippen LogP contribution < -0.4 is 10.1 Å². The number of nitrogens with one attached hydrogen (secondary N) is 1. The lowest BCUT2D eigenvalue weighted by Gasteiger charge is -2.29. The van der Waals surface area contributed by atoms with Gasteiger partial charge in [0, 0.05) is 23.7 Å². The van der Waals surface area contributed by atoms with Crippen LogP contribution in [0.25, 0.3) is 0 Å². The molecule has 2 rings (SSSR count). The molecule has 0 spiro atoms. The highest BCUT2D eigenvalue weighted by molar-refractivity contribution is 6.30. The van der Waals surface area contributed by atoms with Gasteiger partial charge in [0.15, 0.2) is 6.61 Å². The Kier molecular flexibility index (Phi) is 8.46. The zero-order valence-electron chi connectivity index (χ0n) is 16.8. The van der Waals surface area contributed by atoms with Gasteiger partial charge in [-0.05, 0) is 43.2 Å². The van der Waals surface area contributed by atoms with E-state index >= 15 is 0 Å². The summed E-state index contributed by atoms with van der Waals surface area (Å²) in [5, 5.41) is 3.37. The van der Waals surface area contributed by atoms with E-state index in [-0.39, 0.29) is 25.0 Å². The van der Waals surface area contributed by atoms with E-state index in [1.165, 1.54) is 11.0 Å². The van der Waals surface area contributed by atoms with Crippen molar-refractivity contribution in [2.45, 2.75) is 33.4 Å². The van der Waals surface area contributed by atoms with Crippen molar-refractivity contribution in [3.05, 3.63) is 64.9 Å². The lowest BCUT2D eigenvalue weighted by atomic mass is 10.1. The van der Waals surface area contributed by atoms with Crippen LogP contribution in [0.4, 0.5) is 4.39 Å². The summed E-state index contributed by atoms with van der Waals surface area (Å²) in [6.45, 7) is 5.76. The molecule has 1 atom stereocenters. The van der Waals surface area contributed by atoms with Gasteiger partial charge in [0.1, 0.15) is 17.6 Å². The van der Waals surface area contributed by atoms with E-state index in [0.717, 1.165) is 0 Å². The molecule has 0 saturated carbocycles. The fraction of sp³-hybridized carbons (Fsp3) is 0.364. The molecule has 0 fully saturated rings. The maximum Gasteiger partial charge on any atom is 0.261 e. The number of hydrogen-bond acceptors (Lipinski definition) is 3. The highest BCUT2D eigenvalue weighted by Crippen LogP contribution is 2.17. The average Bonchev–Trinajstić information content (AvgIpc) is 2.70. The second-order valence-corrected chi connectivity index (χ2v) is 7.61. The maximum atomic E-state index is 14.1. The normalized spacial score (nSPS) is 11.8. The lowest BCUT2D eigenvalue weighted by Crippen LogP contribution is -2.49. The number of ether oxygens (including phenoxy) is 1. The smallest absolute Gasteiger partial charge is 0.261 e. The summed E-state index contributed by atoms with van der Waals surface area (Å²) in [5.74, 6) is -0.399. The first-order chi connectivity index (χ1) is 13.8. The van der Waals surface area contributed by atoms with Crippen LogP contribution in [0.15, 0.2) is 48.5 Å². The van der Waals surface area contributed by atoms with Crippen LogP contribution in [0.3, 0.4) is 0 Å². The van der Waals surface area contributed by atoms with Crippen molar-refractivity contribution in [2.24, 2.45) is 5.92 Å². The topological polar surface area (TPSA) is 58.6 Å². The molecule has 0 aromatic heterocycles. The standard InChI is InChI=1S/C22H26ClFN2O3/c1-15(2)12-25-22(28)16(3)26(13-17-6-4-5-7-20(17)24)21(27)14-29-19-10-8-18(23)9-11-19/h4-11,15-16H,12-14H2,1-3H3,(H,25,28)/t16-/m0/s1. The third-order valence-electron chi connectivity index (χ3n) is 4.33. The fourth-order valence-electron chi connectivity index (χ4n) is 2.60. The maximum absolute atomic E-state index is 14.1. The minimum Gasteiger partial charge on any atom is -0.484 e. The van der Waals surface area contributed by atoms with Crippen LogP contribution in [-0.2, 0) is 16.1 Å². The molecule has 2 aromatic rings. The van der Waals surface area contributed by atoms with E-state index in [2.05, 4.69) is 5.32 Å².